The molecule has 0 unspecified atom stereocenters. The van der Waals surface area contributed by atoms with Gasteiger partial charge in [0, 0.05) is 11.6 Å². The zero-order valence-corrected chi connectivity index (χ0v) is 7.05. The summed E-state index contributed by atoms with van der Waals surface area (Å²) in [6.45, 7) is 0. The van der Waals surface area contributed by atoms with Crippen molar-refractivity contribution in [2.75, 3.05) is 0 Å². The molecule has 0 atom stereocenters. The van der Waals surface area contributed by atoms with Crippen LogP contribution in [0.4, 0.5) is 8.78 Å². The number of nitrogens with zero attached hydrogens (tertiary/aromatic N) is 1. The quantitative estimate of drug-likeness (QED) is 0.693. The summed E-state index contributed by atoms with van der Waals surface area (Å²) in [4.78, 5) is 0. The normalized spacial score (nSPS) is 10.6. The van der Waals surface area contributed by atoms with Gasteiger partial charge in [0.2, 0.25) is 0 Å². The molecule has 0 spiro atoms. The minimum absolute atomic E-state index is 0.0843. The first-order chi connectivity index (χ1) is 6.01. The fraction of sp³-hybridized carbons (Fsp3) is 0.125. The second kappa shape index (κ2) is 3.58. The highest BCUT2D eigenvalue weighted by Gasteiger charge is 2.27. The number of alkyl halides is 3. The fourth-order valence-corrected chi connectivity index (χ4v) is 0.820. The maximum Gasteiger partial charge on any atom is 0.487 e. The maximum absolute atomic E-state index is 12.1. The molecule has 0 bridgehead atoms. The van der Waals surface area contributed by atoms with Crippen LogP contribution in [0.3, 0.4) is 0 Å². The first-order valence-corrected chi connectivity index (χ1v) is 3.65. The highest BCUT2D eigenvalue weighted by Crippen LogP contribution is 2.24. The van der Waals surface area contributed by atoms with Gasteiger partial charge in [0.1, 0.15) is 5.75 Å². The molecule has 5 heteroatoms. The lowest BCUT2D eigenvalue weighted by Crippen LogP contribution is -2.15. The van der Waals surface area contributed by atoms with Crippen LogP contribution in [-0.4, -0.2) is 5.57 Å². The topological polar surface area (TPSA) is 33.0 Å². The van der Waals surface area contributed by atoms with E-state index in [2.05, 4.69) is 16.3 Å². The number of benzene rings is 1. The van der Waals surface area contributed by atoms with Gasteiger partial charge in [0.15, 0.2) is 0 Å². The van der Waals surface area contributed by atoms with Crippen LogP contribution in [0.25, 0.3) is 0 Å². The first-order valence-electron chi connectivity index (χ1n) is 3.27. The summed E-state index contributed by atoms with van der Waals surface area (Å²) in [5.74, 6) is -0.0843. The summed E-state index contributed by atoms with van der Waals surface area (Å²) in [5, 5.41) is 8.40. The van der Waals surface area contributed by atoms with Crippen molar-refractivity contribution in [3.63, 3.8) is 0 Å². The van der Waals surface area contributed by atoms with Gasteiger partial charge >= 0.3 is 5.57 Å². The third-order valence-corrected chi connectivity index (χ3v) is 1.29. The minimum Gasteiger partial charge on any atom is -0.420 e. The van der Waals surface area contributed by atoms with Gasteiger partial charge in [-0.05, 0) is 24.3 Å². The zero-order chi connectivity index (χ0) is 9.90. The highest BCUT2D eigenvalue weighted by atomic mass is 35.5. The molecule has 68 valence electrons. The van der Waals surface area contributed by atoms with Gasteiger partial charge in [-0.2, -0.15) is 5.26 Å². The predicted octanol–water partition coefficient (Wildman–Crippen LogP) is 2.73. The van der Waals surface area contributed by atoms with Crippen LogP contribution < -0.4 is 4.74 Å². The number of hydrogen-bond donors (Lipinski definition) is 0. The molecule has 2 nitrogen and oxygen atoms in total. The molecular weight excluding hydrogens is 200 g/mol. The number of halogens is 3. The molecule has 0 saturated heterocycles. The summed E-state index contributed by atoms with van der Waals surface area (Å²) in [6.07, 6.45) is 0. The Labute approximate surface area is 78.3 Å². The molecular formula is C8H4ClF2NO. The Hall–Kier alpha value is -1.34. The lowest BCUT2D eigenvalue weighted by Gasteiger charge is -2.09. The van der Waals surface area contributed by atoms with E-state index in [1.807, 2.05) is 6.07 Å². The molecule has 0 aliphatic carbocycles. The molecule has 0 heterocycles. The van der Waals surface area contributed by atoms with Crippen molar-refractivity contribution in [1.29, 1.82) is 5.26 Å². The Bertz CT molecular complexity index is 325. The summed E-state index contributed by atoms with van der Waals surface area (Å²) < 4.78 is 28.2. The maximum atomic E-state index is 12.1. The molecule has 1 aromatic carbocycles. The molecule has 0 aliphatic heterocycles. The molecule has 0 saturated carbocycles. The van der Waals surface area contributed by atoms with Crippen molar-refractivity contribution < 1.29 is 13.5 Å². The average molecular weight is 204 g/mol. The van der Waals surface area contributed by atoms with Gasteiger partial charge in [-0.1, -0.05) is 0 Å². The van der Waals surface area contributed by atoms with Crippen molar-refractivity contribution in [3.8, 4) is 11.8 Å². The number of nitriles is 1. The van der Waals surface area contributed by atoms with E-state index in [-0.39, 0.29) is 5.75 Å². The van der Waals surface area contributed by atoms with Gasteiger partial charge in [0.05, 0.1) is 11.6 Å². The standard InChI is InChI=1S/C8H4ClF2NO/c9-8(10,11)13-7-3-1-6(5-12)2-4-7/h1-4H. The van der Waals surface area contributed by atoms with Gasteiger partial charge in [-0.25, -0.2) is 0 Å². The third-order valence-electron chi connectivity index (χ3n) is 1.22. The summed E-state index contributed by atoms with van der Waals surface area (Å²) >= 11 is 4.52. The van der Waals surface area contributed by atoms with E-state index in [1.54, 1.807) is 0 Å². The molecule has 1 aromatic rings. The van der Waals surface area contributed by atoms with E-state index in [9.17, 15) is 8.78 Å². The second-order valence-electron chi connectivity index (χ2n) is 2.18. The molecule has 13 heavy (non-hydrogen) atoms. The molecule has 0 radical (unpaired) electrons. The summed E-state index contributed by atoms with van der Waals surface area (Å²) in [5.41, 5.74) is -3.35. The number of rotatable bonds is 2. The van der Waals surface area contributed by atoms with Crippen LogP contribution in [-0.2, 0) is 0 Å². The Balaban J connectivity index is 2.77. The van der Waals surface area contributed by atoms with E-state index in [4.69, 9.17) is 5.26 Å². The van der Waals surface area contributed by atoms with E-state index in [1.165, 1.54) is 24.3 Å². The second-order valence-corrected chi connectivity index (χ2v) is 2.62. The molecule has 0 fully saturated rings. The van der Waals surface area contributed by atoms with E-state index in [0.717, 1.165) is 0 Å². The van der Waals surface area contributed by atoms with Crippen molar-refractivity contribution in [3.05, 3.63) is 29.8 Å². The lowest BCUT2D eigenvalue weighted by molar-refractivity contribution is -0.0964. The van der Waals surface area contributed by atoms with Crippen molar-refractivity contribution in [1.82, 2.24) is 0 Å². The SMILES string of the molecule is N#Cc1ccc(OC(F)(F)Cl)cc1. The summed E-state index contributed by atoms with van der Waals surface area (Å²) in [7, 11) is 0. The van der Waals surface area contributed by atoms with Gasteiger partial charge in [-0.3, -0.25) is 0 Å². The Kier molecular flexibility index (Phi) is 2.69. The van der Waals surface area contributed by atoms with Crippen LogP contribution in [0.5, 0.6) is 5.75 Å². The third kappa shape index (κ3) is 3.26. The summed E-state index contributed by atoms with van der Waals surface area (Å²) in [6, 6.07) is 7.05. The van der Waals surface area contributed by atoms with Crippen molar-refractivity contribution in [2.24, 2.45) is 0 Å². The van der Waals surface area contributed by atoms with Crippen molar-refractivity contribution in [2.45, 2.75) is 5.57 Å². The van der Waals surface area contributed by atoms with E-state index < -0.39 is 5.57 Å². The number of hydrogen-bond acceptors (Lipinski definition) is 2. The van der Waals surface area contributed by atoms with Crippen LogP contribution in [0.1, 0.15) is 5.56 Å². The molecule has 0 aliphatic rings. The Morgan fingerprint density at radius 1 is 1.31 bits per heavy atom. The fourth-order valence-electron chi connectivity index (χ4n) is 0.731. The largest absolute Gasteiger partial charge is 0.487 e. The van der Waals surface area contributed by atoms with E-state index in [0.29, 0.717) is 5.56 Å². The molecule has 0 amide bonds. The van der Waals surface area contributed by atoms with Gasteiger partial charge in [-0.15, -0.1) is 8.78 Å². The van der Waals surface area contributed by atoms with Crippen LogP contribution in [0, 0.1) is 11.3 Å². The highest BCUT2D eigenvalue weighted by molar-refractivity contribution is 6.20. The zero-order valence-electron chi connectivity index (χ0n) is 6.30. The minimum atomic E-state index is -3.71. The first kappa shape index (κ1) is 9.75. The Morgan fingerprint density at radius 3 is 2.23 bits per heavy atom. The predicted molar refractivity (Wildman–Crippen MR) is 42.6 cm³/mol. The average Bonchev–Trinajstić information content (AvgIpc) is 2.03. The van der Waals surface area contributed by atoms with E-state index >= 15 is 0 Å². The molecule has 0 N–H and O–H groups in total. The monoisotopic (exact) mass is 203 g/mol. The molecule has 0 aromatic heterocycles. The van der Waals surface area contributed by atoms with Gasteiger partial charge in [0.25, 0.3) is 0 Å². The van der Waals surface area contributed by atoms with Crippen molar-refractivity contribution >= 4 is 11.6 Å². The van der Waals surface area contributed by atoms with Crippen LogP contribution >= 0.6 is 11.6 Å². The van der Waals surface area contributed by atoms with Crippen LogP contribution in [0.15, 0.2) is 24.3 Å². The molecule has 1 rings (SSSR count). The Morgan fingerprint density at radius 2 is 1.85 bits per heavy atom. The lowest BCUT2D eigenvalue weighted by atomic mass is 10.2. The number of ether oxygens (including phenoxy) is 1. The van der Waals surface area contributed by atoms with Gasteiger partial charge < -0.3 is 4.74 Å². The van der Waals surface area contributed by atoms with Crippen LogP contribution in [0.2, 0.25) is 0 Å². The smallest absolute Gasteiger partial charge is 0.420 e.